The van der Waals surface area contributed by atoms with Crippen LogP contribution in [-0.2, 0) is 12.4 Å². The van der Waals surface area contributed by atoms with E-state index in [1.165, 1.54) is 6.92 Å². The molecule has 18 heavy (non-hydrogen) atoms. The summed E-state index contributed by atoms with van der Waals surface area (Å²) >= 11 is 0. The number of benzene rings is 1. The van der Waals surface area contributed by atoms with E-state index in [1.807, 2.05) is 6.92 Å². The maximum absolute atomic E-state index is 12.2. The van der Waals surface area contributed by atoms with Crippen molar-refractivity contribution in [1.29, 1.82) is 0 Å². The Morgan fingerprint density at radius 1 is 0.889 bits per heavy atom. The first-order valence-electron chi connectivity index (χ1n) is 4.85. The van der Waals surface area contributed by atoms with Gasteiger partial charge in [-0.3, -0.25) is 0 Å². The summed E-state index contributed by atoms with van der Waals surface area (Å²) < 4.78 is 73.0. The smallest absolute Gasteiger partial charge is 0.166 e. The van der Waals surface area contributed by atoms with Gasteiger partial charge in [-0.05, 0) is 37.6 Å². The van der Waals surface area contributed by atoms with Crippen LogP contribution in [-0.4, -0.2) is 0 Å². The number of halogens is 6. The normalized spacial score (nSPS) is 11.6. The molecule has 1 rings (SSSR count). The Morgan fingerprint density at radius 3 is 1.39 bits per heavy atom. The maximum Gasteiger partial charge on any atom is 0.416 e. The predicted octanol–water partition coefficient (Wildman–Crippen LogP) is 5.22. The molecule has 1 aromatic rings. The summed E-state index contributed by atoms with van der Waals surface area (Å²) in [6.07, 6.45) is -7.77. The van der Waals surface area contributed by atoms with Gasteiger partial charge in [-0.2, -0.15) is 26.3 Å². The van der Waals surface area contributed by atoms with Crippen molar-refractivity contribution in [1.82, 2.24) is 0 Å². The fraction of sp³-hybridized carbons (Fsp3) is 0.333. The third-order valence-corrected chi connectivity index (χ3v) is 1.73. The van der Waals surface area contributed by atoms with Crippen molar-refractivity contribution in [3.8, 4) is 0 Å². The van der Waals surface area contributed by atoms with E-state index in [2.05, 4.69) is 6.58 Å². The number of aryl methyl sites for hydroxylation is 1. The first-order valence-corrected chi connectivity index (χ1v) is 4.85. The van der Waals surface area contributed by atoms with E-state index in [0.29, 0.717) is 12.1 Å². The van der Waals surface area contributed by atoms with Crippen molar-refractivity contribution in [2.24, 2.45) is 0 Å². The van der Waals surface area contributed by atoms with E-state index >= 15 is 0 Å². The lowest BCUT2D eigenvalue weighted by atomic mass is 10.1. The van der Waals surface area contributed by atoms with Gasteiger partial charge in [-0.15, -0.1) is 6.58 Å². The van der Waals surface area contributed by atoms with Crippen LogP contribution >= 0.6 is 0 Å². The van der Waals surface area contributed by atoms with Gasteiger partial charge in [0.25, 0.3) is 0 Å². The van der Waals surface area contributed by atoms with Crippen molar-refractivity contribution in [2.75, 3.05) is 0 Å². The molecule has 0 aromatic heterocycles. The minimum Gasteiger partial charge on any atom is -0.166 e. The summed E-state index contributed by atoms with van der Waals surface area (Å²) in [5.74, 6) is 0. The Labute approximate surface area is 101 Å². The highest BCUT2D eigenvalue weighted by Crippen LogP contribution is 2.35. The third-order valence-electron chi connectivity index (χ3n) is 1.73. The second-order valence-corrected chi connectivity index (χ2v) is 3.49. The van der Waals surface area contributed by atoms with Crippen molar-refractivity contribution in [2.45, 2.75) is 26.2 Å². The number of allylic oxidation sites excluding steroid dienone is 1. The minimum absolute atomic E-state index is 0.0721. The van der Waals surface area contributed by atoms with Gasteiger partial charge in [-0.25, -0.2) is 0 Å². The lowest BCUT2D eigenvalue weighted by molar-refractivity contribution is -0.143. The SMILES string of the molecule is C=CC.Cc1cc(C(F)(F)F)cc(C(F)(F)F)c1. The highest BCUT2D eigenvalue weighted by molar-refractivity contribution is 5.32. The van der Waals surface area contributed by atoms with Gasteiger partial charge in [0, 0.05) is 0 Å². The zero-order chi connectivity index (χ0) is 14.6. The number of hydrogen-bond acceptors (Lipinski definition) is 0. The molecular weight excluding hydrogens is 258 g/mol. The molecule has 0 saturated heterocycles. The maximum atomic E-state index is 12.2. The second kappa shape index (κ2) is 5.93. The monoisotopic (exact) mass is 270 g/mol. The van der Waals surface area contributed by atoms with Gasteiger partial charge in [0.15, 0.2) is 0 Å². The van der Waals surface area contributed by atoms with Crippen molar-refractivity contribution < 1.29 is 26.3 Å². The molecule has 0 radical (unpaired) electrons. The van der Waals surface area contributed by atoms with Gasteiger partial charge in [0.1, 0.15) is 0 Å². The molecule has 0 atom stereocenters. The van der Waals surface area contributed by atoms with E-state index in [-0.39, 0.29) is 11.6 Å². The van der Waals surface area contributed by atoms with Gasteiger partial charge in [0.2, 0.25) is 0 Å². The van der Waals surface area contributed by atoms with Crippen LogP contribution in [0.2, 0.25) is 0 Å². The standard InChI is InChI=1S/C9H6F6.C3H6/c1-5-2-6(8(10,11)12)4-7(3-5)9(13,14)15;1-3-2/h2-4H,1H3;3H,1H2,2H3. The molecule has 1 aromatic carbocycles. The van der Waals surface area contributed by atoms with Gasteiger partial charge < -0.3 is 0 Å². The van der Waals surface area contributed by atoms with Gasteiger partial charge in [0.05, 0.1) is 11.1 Å². The molecule has 0 nitrogen and oxygen atoms in total. The average molecular weight is 270 g/mol. The lowest BCUT2D eigenvalue weighted by Crippen LogP contribution is -2.11. The Hall–Kier alpha value is -1.46. The van der Waals surface area contributed by atoms with Crippen LogP contribution in [0.15, 0.2) is 30.9 Å². The summed E-state index contributed by atoms with van der Waals surface area (Å²) in [5.41, 5.74) is -2.64. The molecular formula is C12H12F6. The molecule has 0 heterocycles. The van der Waals surface area contributed by atoms with Crippen LogP contribution in [0.1, 0.15) is 23.6 Å². The summed E-state index contributed by atoms with van der Waals surface area (Å²) in [6.45, 7) is 6.44. The Kier molecular flexibility index (Phi) is 5.45. The number of rotatable bonds is 0. The molecule has 0 saturated carbocycles. The van der Waals surface area contributed by atoms with Crippen LogP contribution in [0.3, 0.4) is 0 Å². The van der Waals surface area contributed by atoms with Crippen LogP contribution in [0.4, 0.5) is 26.3 Å². The largest absolute Gasteiger partial charge is 0.416 e. The Morgan fingerprint density at radius 2 is 1.17 bits per heavy atom. The summed E-state index contributed by atoms with van der Waals surface area (Å²) in [7, 11) is 0. The molecule has 0 unspecified atom stereocenters. The summed E-state index contributed by atoms with van der Waals surface area (Å²) in [4.78, 5) is 0. The van der Waals surface area contributed by atoms with Crippen molar-refractivity contribution >= 4 is 0 Å². The fourth-order valence-electron chi connectivity index (χ4n) is 1.11. The minimum atomic E-state index is -4.76. The summed E-state index contributed by atoms with van der Waals surface area (Å²) in [5, 5.41) is 0. The van der Waals surface area contributed by atoms with Crippen LogP contribution < -0.4 is 0 Å². The Bertz CT molecular complexity index is 368. The van der Waals surface area contributed by atoms with Gasteiger partial charge in [-0.1, -0.05) is 6.08 Å². The first kappa shape index (κ1) is 16.5. The quantitative estimate of drug-likeness (QED) is 0.447. The molecule has 0 bridgehead atoms. The predicted molar refractivity (Wildman–Crippen MR) is 57.1 cm³/mol. The van der Waals surface area contributed by atoms with E-state index < -0.39 is 23.5 Å². The lowest BCUT2D eigenvalue weighted by Gasteiger charge is -2.12. The van der Waals surface area contributed by atoms with Crippen LogP contribution in [0.25, 0.3) is 0 Å². The summed E-state index contributed by atoms with van der Waals surface area (Å²) in [6, 6.07) is 1.46. The third kappa shape index (κ3) is 5.25. The Balaban J connectivity index is 0.000000873. The molecule has 6 heteroatoms. The molecule has 0 aliphatic rings. The van der Waals surface area contributed by atoms with E-state index in [0.717, 1.165) is 0 Å². The number of hydrogen-bond donors (Lipinski definition) is 0. The molecule has 0 N–H and O–H groups in total. The molecule has 102 valence electrons. The van der Waals surface area contributed by atoms with Crippen LogP contribution in [0.5, 0.6) is 0 Å². The van der Waals surface area contributed by atoms with E-state index in [4.69, 9.17) is 0 Å². The van der Waals surface area contributed by atoms with Crippen molar-refractivity contribution in [3.63, 3.8) is 0 Å². The van der Waals surface area contributed by atoms with Gasteiger partial charge >= 0.3 is 12.4 Å². The topological polar surface area (TPSA) is 0 Å². The first-order chi connectivity index (χ1) is 8.02. The van der Waals surface area contributed by atoms with E-state index in [9.17, 15) is 26.3 Å². The number of alkyl halides is 6. The van der Waals surface area contributed by atoms with Crippen LogP contribution in [0, 0.1) is 6.92 Å². The van der Waals surface area contributed by atoms with E-state index in [1.54, 1.807) is 6.08 Å². The zero-order valence-corrected chi connectivity index (χ0v) is 9.78. The highest BCUT2D eigenvalue weighted by atomic mass is 19.4. The second-order valence-electron chi connectivity index (χ2n) is 3.49. The fourth-order valence-corrected chi connectivity index (χ4v) is 1.11. The zero-order valence-electron chi connectivity index (χ0n) is 9.78. The molecule has 0 fully saturated rings. The highest BCUT2D eigenvalue weighted by Gasteiger charge is 2.36. The molecule has 0 amide bonds. The molecule has 0 spiro atoms. The average Bonchev–Trinajstić information content (AvgIpc) is 2.15. The molecule has 0 aliphatic carbocycles. The molecule has 0 aliphatic heterocycles. The van der Waals surface area contributed by atoms with Crippen molar-refractivity contribution in [3.05, 3.63) is 47.5 Å².